The third-order valence-corrected chi connectivity index (χ3v) is 6.38. The lowest BCUT2D eigenvalue weighted by molar-refractivity contribution is 0.680. The second kappa shape index (κ2) is 6.49. The van der Waals surface area contributed by atoms with Gasteiger partial charge in [-0.05, 0) is 56.4 Å². The quantitative estimate of drug-likeness (QED) is 0.698. The van der Waals surface area contributed by atoms with Gasteiger partial charge in [0.25, 0.3) is 0 Å². The van der Waals surface area contributed by atoms with Gasteiger partial charge in [0.05, 0.1) is 21.3 Å². The van der Waals surface area contributed by atoms with E-state index < -0.39 is 0 Å². The molecule has 3 rings (SSSR count). The van der Waals surface area contributed by atoms with E-state index in [4.69, 9.17) is 0 Å². The molecule has 0 amide bonds. The summed E-state index contributed by atoms with van der Waals surface area (Å²) >= 11 is 7.05. The summed E-state index contributed by atoms with van der Waals surface area (Å²) in [6.45, 7) is 8.47. The molecule has 122 valence electrons. The van der Waals surface area contributed by atoms with E-state index >= 15 is 0 Å². The number of aryl methyl sites for hydroxylation is 3. The molecule has 0 saturated heterocycles. The summed E-state index contributed by atoms with van der Waals surface area (Å²) in [6, 6.07) is 6.39. The summed E-state index contributed by atoms with van der Waals surface area (Å²) in [5, 5.41) is 10.6. The molecule has 2 aromatic rings. The van der Waals surface area contributed by atoms with Gasteiger partial charge in [-0.1, -0.05) is 34.6 Å². The number of hydrogen-bond donors (Lipinski definition) is 2. The van der Waals surface area contributed by atoms with E-state index in [2.05, 4.69) is 82.8 Å². The molecule has 2 heterocycles. The number of nitrogens with zero attached hydrogens (tertiary/aromatic N) is 1. The van der Waals surface area contributed by atoms with Crippen LogP contribution in [0.1, 0.15) is 35.0 Å². The Morgan fingerprint density at radius 1 is 1.35 bits per heavy atom. The predicted octanol–water partition coefficient (Wildman–Crippen LogP) is 5.51. The maximum absolute atomic E-state index is 4.53. The minimum atomic E-state index is -0.253. The van der Waals surface area contributed by atoms with Crippen LogP contribution in [0.2, 0.25) is 0 Å². The topological polar surface area (TPSA) is 37.0 Å². The van der Waals surface area contributed by atoms with Crippen molar-refractivity contribution in [2.24, 2.45) is 0 Å². The molecule has 1 atom stereocenters. The fraction of sp³-hybridized carbons (Fsp3) is 0.353. The first-order chi connectivity index (χ1) is 10.9. The molecule has 1 unspecified atom stereocenters. The number of halogens is 1. The second-order valence-corrected chi connectivity index (χ2v) is 9.14. The molecule has 0 saturated carbocycles. The Bertz CT molecular complexity index is 769. The SMILES string of the molecule is CCc1cc(Br)ccc1NC1(C)NC(c2sc(C)nc2C)=CS1. The normalized spacial score (nSPS) is 20.3. The van der Waals surface area contributed by atoms with Crippen LogP contribution in [0.15, 0.2) is 28.1 Å². The maximum atomic E-state index is 4.53. The van der Waals surface area contributed by atoms with Gasteiger partial charge in [-0.2, -0.15) is 0 Å². The molecule has 23 heavy (non-hydrogen) atoms. The van der Waals surface area contributed by atoms with Gasteiger partial charge in [-0.15, -0.1) is 11.3 Å². The largest absolute Gasteiger partial charge is 0.354 e. The number of nitrogens with one attached hydrogen (secondary N) is 2. The van der Waals surface area contributed by atoms with E-state index in [1.54, 1.807) is 23.1 Å². The van der Waals surface area contributed by atoms with E-state index in [0.29, 0.717) is 0 Å². The molecule has 3 nitrogen and oxygen atoms in total. The zero-order valence-electron chi connectivity index (χ0n) is 13.7. The molecular weight excluding hydrogens is 390 g/mol. The van der Waals surface area contributed by atoms with Gasteiger partial charge in [-0.3, -0.25) is 0 Å². The Morgan fingerprint density at radius 3 is 2.78 bits per heavy atom. The number of rotatable bonds is 4. The van der Waals surface area contributed by atoms with Crippen molar-refractivity contribution in [3.05, 3.63) is 49.2 Å². The molecule has 1 aliphatic heterocycles. The van der Waals surface area contributed by atoms with Crippen LogP contribution in [0.4, 0.5) is 5.69 Å². The average molecular weight is 410 g/mol. The summed E-state index contributed by atoms with van der Waals surface area (Å²) in [7, 11) is 0. The van der Waals surface area contributed by atoms with Crippen molar-refractivity contribution in [3.8, 4) is 0 Å². The van der Waals surface area contributed by atoms with Crippen LogP contribution in [0.25, 0.3) is 5.70 Å². The molecule has 1 aliphatic rings. The van der Waals surface area contributed by atoms with Crippen LogP contribution in [-0.4, -0.2) is 9.98 Å². The number of hydrogen-bond acceptors (Lipinski definition) is 5. The highest BCUT2D eigenvalue weighted by Gasteiger charge is 2.32. The summed E-state index contributed by atoms with van der Waals surface area (Å²) in [6.07, 6.45) is 0.996. The molecule has 1 aromatic carbocycles. The van der Waals surface area contributed by atoms with Gasteiger partial charge in [0.15, 0.2) is 4.99 Å². The lowest BCUT2D eigenvalue weighted by Gasteiger charge is -2.29. The summed E-state index contributed by atoms with van der Waals surface area (Å²) in [5.74, 6) is 0. The van der Waals surface area contributed by atoms with Crippen molar-refractivity contribution >= 4 is 50.4 Å². The average Bonchev–Trinajstić information content (AvgIpc) is 3.03. The number of thioether (sulfide) groups is 1. The number of anilines is 1. The second-order valence-electron chi connectivity index (χ2n) is 5.74. The fourth-order valence-electron chi connectivity index (χ4n) is 2.68. The highest BCUT2D eigenvalue weighted by Crippen LogP contribution is 2.39. The number of aromatic nitrogens is 1. The molecule has 6 heteroatoms. The Hall–Kier alpha value is -0.980. The van der Waals surface area contributed by atoms with Gasteiger partial charge >= 0.3 is 0 Å². The van der Waals surface area contributed by atoms with E-state index in [0.717, 1.165) is 27.3 Å². The van der Waals surface area contributed by atoms with Crippen LogP contribution < -0.4 is 10.6 Å². The third-order valence-electron chi connectivity index (χ3n) is 3.76. The van der Waals surface area contributed by atoms with Crippen LogP contribution in [-0.2, 0) is 6.42 Å². The van der Waals surface area contributed by atoms with Crippen molar-refractivity contribution in [1.82, 2.24) is 10.3 Å². The van der Waals surface area contributed by atoms with Crippen molar-refractivity contribution in [1.29, 1.82) is 0 Å². The van der Waals surface area contributed by atoms with Crippen molar-refractivity contribution in [3.63, 3.8) is 0 Å². The van der Waals surface area contributed by atoms with Crippen molar-refractivity contribution < 1.29 is 0 Å². The Labute approximate surface area is 154 Å². The van der Waals surface area contributed by atoms with E-state index in [-0.39, 0.29) is 4.99 Å². The first-order valence-electron chi connectivity index (χ1n) is 7.57. The molecule has 0 aliphatic carbocycles. The molecule has 0 fully saturated rings. The highest BCUT2D eigenvalue weighted by atomic mass is 79.9. The minimum Gasteiger partial charge on any atom is -0.354 e. The molecule has 0 spiro atoms. The standard InChI is InChI=1S/C17H20BrN3S2/c1-5-12-8-13(18)6-7-14(12)20-17(4)21-15(9-22-17)16-10(2)19-11(3)23-16/h6-9,20-21H,5H2,1-4H3. The summed E-state index contributed by atoms with van der Waals surface area (Å²) in [5.41, 5.74) is 4.73. The monoisotopic (exact) mass is 409 g/mol. The smallest absolute Gasteiger partial charge is 0.158 e. The van der Waals surface area contributed by atoms with Crippen LogP contribution in [0, 0.1) is 13.8 Å². The Balaban J connectivity index is 1.79. The van der Waals surface area contributed by atoms with E-state index in [9.17, 15) is 0 Å². The van der Waals surface area contributed by atoms with Crippen molar-refractivity contribution in [2.45, 2.75) is 39.1 Å². The summed E-state index contributed by atoms with van der Waals surface area (Å²) in [4.78, 5) is 5.50. The number of benzene rings is 1. The minimum absolute atomic E-state index is 0.253. The maximum Gasteiger partial charge on any atom is 0.158 e. The zero-order valence-corrected chi connectivity index (χ0v) is 16.9. The first kappa shape index (κ1) is 16.9. The molecule has 1 aromatic heterocycles. The molecule has 2 N–H and O–H groups in total. The van der Waals surface area contributed by atoms with Crippen LogP contribution in [0.3, 0.4) is 0 Å². The predicted molar refractivity (Wildman–Crippen MR) is 106 cm³/mol. The zero-order chi connectivity index (χ0) is 16.6. The fourth-order valence-corrected chi connectivity index (χ4v) is 4.92. The van der Waals surface area contributed by atoms with E-state index in [1.807, 2.05) is 0 Å². The van der Waals surface area contributed by atoms with Gasteiger partial charge in [0, 0.05) is 10.2 Å². The Morgan fingerprint density at radius 2 is 2.13 bits per heavy atom. The van der Waals surface area contributed by atoms with Gasteiger partial charge in [0.2, 0.25) is 0 Å². The van der Waals surface area contributed by atoms with Crippen molar-refractivity contribution in [2.75, 3.05) is 5.32 Å². The van der Waals surface area contributed by atoms with Gasteiger partial charge < -0.3 is 10.6 Å². The third kappa shape index (κ3) is 3.59. The molecule has 0 radical (unpaired) electrons. The number of thiazole rings is 1. The highest BCUT2D eigenvalue weighted by molar-refractivity contribution is 9.10. The van der Waals surface area contributed by atoms with Crippen LogP contribution in [0.5, 0.6) is 0 Å². The van der Waals surface area contributed by atoms with Gasteiger partial charge in [0.1, 0.15) is 0 Å². The molecular formula is C17H20BrN3S2. The Kier molecular flexibility index (Phi) is 4.76. The summed E-state index contributed by atoms with van der Waals surface area (Å²) < 4.78 is 1.12. The van der Waals surface area contributed by atoms with E-state index in [1.165, 1.54) is 16.1 Å². The molecule has 0 bridgehead atoms. The van der Waals surface area contributed by atoms with Crippen LogP contribution >= 0.6 is 39.0 Å². The first-order valence-corrected chi connectivity index (χ1v) is 10.1. The lowest BCUT2D eigenvalue weighted by Crippen LogP contribution is -2.42. The van der Waals surface area contributed by atoms with Gasteiger partial charge in [-0.25, -0.2) is 4.98 Å². The lowest BCUT2D eigenvalue weighted by atomic mass is 10.1.